The summed E-state index contributed by atoms with van der Waals surface area (Å²) < 4.78 is 1.43. The fourth-order valence-corrected chi connectivity index (χ4v) is 1.53. The minimum Gasteiger partial charge on any atom is -0.477 e. The molecule has 1 atom stereocenters. The summed E-state index contributed by atoms with van der Waals surface area (Å²) in [7, 11) is 0. The highest BCUT2D eigenvalue weighted by atomic mass is 16.4. The summed E-state index contributed by atoms with van der Waals surface area (Å²) in [4.78, 5) is 22.7. The molecule has 0 saturated heterocycles. The van der Waals surface area contributed by atoms with Gasteiger partial charge in [0.15, 0.2) is 0 Å². The Kier molecular flexibility index (Phi) is 4.75. The molecular weight excluding hydrogens is 244 g/mol. The van der Waals surface area contributed by atoms with E-state index in [9.17, 15) is 9.59 Å². The van der Waals surface area contributed by atoms with Crippen molar-refractivity contribution in [1.82, 2.24) is 9.88 Å². The molecule has 1 aromatic rings. The normalized spacial score (nSPS) is 13.1. The molecule has 0 bridgehead atoms. The number of hydrogen-bond donors (Lipinski definition) is 2. The van der Waals surface area contributed by atoms with Gasteiger partial charge in [-0.1, -0.05) is 27.7 Å². The van der Waals surface area contributed by atoms with E-state index < -0.39 is 5.97 Å². The second-order valence-electron chi connectivity index (χ2n) is 5.90. The molecule has 0 aliphatic carbocycles. The van der Waals surface area contributed by atoms with Crippen molar-refractivity contribution in [2.75, 3.05) is 6.54 Å². The van der Waals surface area contributed by atoms with E-state index in [-0.39, 0.29) is 23.6 Å². The number of carboxylic acids is 1. The average Bonchev–Trinajstić information content (AvgIpc) is 2.72. The minimum absolute atomic E-state index is 0.0332. The first kappa shape index (κ1) is 15.3. The maximum Gasteiger partial charge on any atom is 0.352 e. The van der Waals surface area contributed by atoms with Gasteiger partial charge in [0.05, 0.1) is 0 Å². The smallest absolute Gasteiger partial charge is 0.352 e. The van der Waals surface area contributed by atoms with Crippen LogP contribution in [0, 0.1) is 11.3 Å². The van der Waals surface area contributed by atoms with Gasteiger partial charge in [-0.2, -0.15) is 0 Å². The molecule has 1 heterocycles. The Hall–Kier alpha value is -1.78. The molecule has 1 unspecified atom stereocenters. The number of hydrogen-bond acceptors (Lipinski definition) is 2. The fraction of sp³-hybridized carbons (Fsp3) is 0.571. The van der Waals surface area contributed by atoms with Gasteiger partial charge in [-0.25, -0.2) is 4.79 Å². The van der Waals surface area contributed by atoms with Crippen molar-refractivity contribution in [3.63, 3.8) is 0 Å². The Bertz CT molecular complexity index is 458. The number of carbonyl (C=O) groups excluding carboxylic acids is 1. The molecule has 1 rings (SSSR count). The van der Waals surface area contributed by atoms with Gasteiger partial charge in [0.25, 0.3) is 0 Å². The van der Waals surface area contributed by atoms with E-state index in [1.54, 1.807) is 12.3 Å². The van der Waals surface area contributed by atoms with Gasteiger partial charge < -0.3 is 15.0 Å². The highest BCUT2D eigenvalue weighted by Gasteiger charge is 2.20. The number of nitrogens with one attached hydrogen (secondary N) is 1. The zero-order valence-corrected chi connectivity index (χ0v) is 11.9. The van der Waals surface area contributed by atoms with Crippen LogP contribution in [0.15, 0.2) is 18.3 Å². The Morgan fingerprint density at radius 3 is 2.58 bits per heavy atom. The first-order valence-electron chi connectivity index (χ1n) is 6.37. The van der Waals surface area contributed by atoms with E-state index in [1.165, 1.54) is 10.6 Å². The molecule has 0 aliphatic heterocycles. The van der Waals surface area contributed by atoms with Crippen molar-refractivity contribution >= 4 is 11.9 Å². The molecule has 106 valence electrons. The molecule has 5 nitrogen and oxygen atoms in total. The zero-order valence-electron chi connectivity index (χ0n) is 11.9. The third kappa shape index (κ3) is 4.43. The van der Waals surface area contributed by atoms with Crippen molar-refractivity contribution in [2.45, 2.75) is 34.2 Å². The highest BCUT2D eigenvalue weighted by Crippen LogP contribution is 2.24. The summed E-state index contributed by atoms with van der Waals surface area (Å²) in [6, 6.07) is 3.10. The topological polar surface area (TPSA) is 71.3 Å². The third-order valence-electron chi connectivity index (χ3n) is 3.45. The molecule has 19 heavy (non-hydrogen) atoms. The lowest BCUT2D eigenvalue weighted by Gasteiger charge is -2.27. The van der Waals surface area contributed by atoms with Crippen molar-refractivity contribution in [3.05, 3.63) is 24.0 Å². The molecule has 1 amide bonds. The summed E-state index contributed by atoms with van der Waals surface area (Å²) in [6.45, 7) is 9.07. The molecular formula is C14H22N2O3. The molecule has 0 radical (unpaired) electrons. The molecule has 0 fully saturated rings. The molecule has 5 heteroatoms. The Morgan fingerprint density at radius 2 is 2.05 bits per heavy atom. The second kappa shape index (κ2) is 5.91. The van der Waals surface area contributed by atoms with Gasteiger partial charge in [0, 0.05) is 12.7 Å². The lowest BCUT2D eigenvalue weighted by molar-refractivity contribution is -0.122. The molecule has 0 saturated carbocycles. The zero-order chi connectivity index (χ0) is 14.6. The van der Waals surface area contributed by atoms with Crippen LogP contribution in [0.1, 0.15) is 38.2 Å². The van der Waals surface area contributed by atoms with E-state index >= 15 is 0 Å². The summed E-state index contributed by atoms with van der Waals surface area (Å²) >= 11 is 0. The average molecular weight is 266 g/mol. The van der Waals surface area contributed by atoms with Crippen LogP contribution in [-0.4, -0.2) is 28.1 Å². The van der Waals surface area contributed by atoms with Crippen LogP contribution < -0.4 is 5.32 Å². The Labute approximate surface area is 113 Å². The number of carboxylic acid groups (broad SMARTS) is 1. The summed E-state index contributed by atoms with van der Waals surface area (Å²) in [5.74, 6) is -0.851. The standard InChI is InChI=1S/C14H22N2O3/c1-10(14(2,3)4)8-15-12(17)9-16-7-5-6-11(16)13(18)19/h5-7,10H,8-9H2,1-4H3,(H,15,17)(H,18,19). The summed E-state index contributed by atoms with van der Waals surface area (Å²) in [5, 5.41) is 11.8. The molecule has 2 N–H and O–H groups in total. The first-order chi connectivity index (χ1) is 8.71. The van der Waals surface area contributed by atoms with E-state index in [1.807, 2.05) is 0 Å². The molecule has 0 spiro atoms. The van der Waals surface area contributed by atoms with E-state index in [0.29, 0.717) is 12.5 Å². The first-order valence-corrected chi connectivity index (χ1v) is 6.37. The third-order valence-corrected chi connectivity index (χ3v) is 3.45. The van der Waals surface area contributed by atoms with Gasteiger partial charge in [0.2, 0.25) is 5.91 Å². The van der Waals surface area contributed by atoms with Crippen molar-refractivity contribution < 1.29 is 14.7 Å². The van der Waals surface area contributed by atoms with E-state index in [0.717, 1.165) is 0 Å². The second-order valence-corrected chi connectivity index (χ2v) is 5.90. The predicted molar refractivity (Wildman–Crippen MR) is 73.0 cm³/mol. The SMILES string of the molecule is CC(CNC(=O)Cn1cccc1C(=O)O)C(C)(C)C. The number of rotatable bonds is 5. The quantitative estimate of drug-likeness (QED) is 0.856. The fourth-order valence-electron chi connectivity index (χ4n) is 1.53. The number of carbonyl (C=O) groups is 2. The van der Waals surface area contributed by atoms with Crippen LogP contribution in [-0.2, 0) is 11.3 Å². The minimum atomic E-state index is -1.03. The lowest BCUT2D eigenvalue weighted by Crippen LogP contribution is -2.35. The van der Waals surface area contributed by atoms with E-state index in [4.69, 9.17) is 5.11 Å². The monoisotopic (exact) mass is 266 g/mol. The van der Waals surface area contributed by atoms with Crippen LogP contribution >= 0.6 is 0 Å². The van der Waals surface area contributed by atoms with Crippen molar-refractivity contribution in [3.8, 4) is 0 Å². The van der Waals surface area contributed by atoms with Crippen molar-refractivity contribution in [2.24, 2.45) is 11.3 Å². The Morgan fingerprint density at radius 1 is 1.42 bits per heavy atom. The van der Waals surface area contributed by atoms with Gasteiger partial charge in [0.1, 0.15) is 12.2 Å². The highest BCUT2D eigenvalue weighted by molar-refractivity contribution is 5.86. The van der Waals surface area contributed by atoms with Crippen LogP contribution in [0.3, 0.4) is 0 Å². The van der Waals surface area contributed by atoms with Crippen molar-refractivity contribution in [1.29, 1.82) is 0 Å². The number of aromatic nitrogens is 1. The van der Waals surface area contributed by atoms with Gasteiger partial charge in [-0.3, -0.25) is 4.79 Å². The summed E-state index contributed by atoms with van der Waals surface area (Å²) in [6.07, 6.45) is 1.59. The number of nitrogens with zero attached hydrogens (tertiary/aromatic N) is 1. The van der Waals surface area contributed by atoms with Gasteiger partial charge >= 0.3 is 5.97 Å². The van der Waals surface area contributed by atoms with Gasteiger partial charge in [-0.05, 0) is 23.5 Å². The van der Waals surface area contributed by atoms with Crippen LogP contribution in [0.5, 0.6) is 0 Å². The maximum absolute atomic E-state index is 11.8. The van der Waals surface area contributed by atoms with Gasteiger partial charge in [-0.15, -0.1) is 0 Å². The number of aromatic carboxylic acids is 1. The van der Waals surface area contributed by atoms with Crippen LogP contribution in [0.4, 0.5) is 0 Å². The largest absolute Gasteiger partial charge is 0.477 e. The van der Waals surface area contributed by atoms with Crippen LogP contribution in [0.25, 0.3) is 0 Å². The lowest BCUT2D eigenvalue weighted by atomic mass is 9.82. The molecule has 0 aromatic carbocycles. The predicted octanol–water partition coefficient (Wildman–Crippen LogP) is 1.98. The van der Waals surface area contributed by atoms with E-state index in [2.05, 4.69) is 33.0 Å². The van der Waals surface area contributed by atoms with Crippen LogP contribution in [0.2, 0.25) is 0 Å². The molecule has 0 aliphatic rings. The number of amides is 1. The summed E-state index contributed by atoms with van der Waals surface area (Å²) in [5.41, 5.74) is 0.256. The maximum atomic E-state index is 11.8. The molecule has 1 aromatic heterocycles. The Balaban J connectivity index is 2.52.